The molecule has 1 aromatic carbocycles. The van der Waals surface area contributed by atoms with Crippen LogP contribution in [-0.2, 0) is 0 Å². The molecule has 3 N–H and O–H groups in total. The van der Waals surface area contributed by atoms with Crippen LogP contribution < -0.4 is 11.1 Å². The number of hydrogen-bond donors (Lipinski definition) is 2. The molecule has 0 aliphatic heterocycles. The van der Waals surface area contributed by atoms with E-state index in [0.29, 0.717) is 5.56 Å². The molecule has 18 heavy (non-hydrogen) atoms. The van der Waals surface area contributed by atoms with E-state index in [0.717, 1.165) is 9.13 Å². The fraction of sp³-hybridized carbons (Fsp3) is 0.364. The van der Waals surface area contributed by atoms with E-state index in [1.807, 2.05) is 35.6 Å². The minimum atomic E-state index is -3.06. The summed E-state index contributed by atoms with van der Waals surface area (Å²) in [6.45, 7) is 0.311. The van der Waals surface area contributed by atoms with E-state index in [1.165, 1.54) is 0 Å². The molecule has 1 amide bonds. The van der Waals surface area contributed by atoms with Crippen molar-refractivity contribution >= 4 is 40.9 Å². The smallest absolute Gasteiger partial charge is 0.277 e. The van der Waals surface area contributed by atoms with Gasteiger partial charge in [0.05, 0.1) is 18.7 Å². The monoisotopic (exact) mass is 390 g/mol. The van der Waals surface area contributed by atoms with Crippen molar-refractivity contribution in [1.82, 2.24) is 5.32 Å². The quantitative estimate of drug-likeness (QED) is 0.776. The predicted octanol–water partition coefficient (Wildman–Crippen LogP) is 2.35. The van der Waals surface area contributed by atoms with Gasteiger partial charge in [0.25, 0.3) is 11.8 Å². The van der Waals surface area contributed by atoms with Crippen LogP contribution in [0.5, 0.6) is 0 Å². The Kier molecular flexibility index (Phi) is 7.01. The van der Waals surface area contributed by atoms with E-state index in [4.69, 9.17) is 5.73 Å². The number of aryl methyl sites for hydroxylation is 1. The summed E-state index contributed by atoms with van der Waals surface area (Å²) in [4.78, 5) is 11.7. The number of halogens is 4. The number of amides is 1. The molecule has 3 nitrogen and oxygen atoms in total. The van der Waals surface area contributed by atoms with Crippen LogP contribution >= 0.6 is 35.0 Å². The van der Waals surface area contributed by atoms with Gasteiger partial charge in [-0.1, -0.05) is 11.6 Å². The van der Waals surface area contributed by atoms with Crippen LogP contribution in [0.3, 0.4) is 0 Å². The fourth-order valence-electron chi connectivity index (χ4n) is 1.19. The van der Waals surface area contributed by atoms with E-state index < -0.39 is 24.9 Å². The minimum absolute atomic E-state index is 0. The van der Waals surface area contributed by atoms with Gasteiger partial charge in [0.2, 0.25) is 0 Å². The Morgan fingerprint density at radius 2 is 2.11 bits per heavy atom. The Morgan fingerprint density at radius 1 is 1.50 bits per heavy atom. The first-order valence-electron chi connectivity index (χ1n) is 4.98. The predicted molar refractivity (Wildman–Crippen MR) is 77.5 cm³/mol. The molecule has 0 saturated heterocycles. The summed E-state index contributed by atoms with van der Waals surface area (Å²) < 4.78 is 26.5. The number of alkyl halides is 2. The van der Waals surface area contributed by atoms with E-state index in [2.05, 4.69) is 5.32 Å². The van der Waals surface area contributed by atoms with Gasteiger partial charge in [0, 0.05) is 3.57 Å². The summed E-state index contributed by atoms with van der Waals surface area (Å²) in [6.07, 6.45) is 0. The first kappa shape index (κ1) is 17.5. The second-order valence-electron chi connectivity index (χ2n) is 3.73. The Morgan fingerprint density at radius 3 is 2.67 bits per heavy atom. The molecule has 0 aliphatic rings. The first-order valence-corrected chi connectivity index (χ1v) is 6.06. The maximum Gasteiger partial charge on any atom is 0.277 e. The highest BCUT2D eigenvalue weighted by molar-refractivity contribution is 14.1. The molecule has 0 radical (unpaired) electrons. The van der Waals surface area contributed by atoms with Crippen LogP contribution in [0.2, 0.25) is 0 Å². The summed E-state index contributed by atoms with van der Waals surface area (Å²) in [6, 6.07) is 5.29. The molecule has 1 rings (SSSR count). The third-order valence-corrected chi connectivity index (χ3v) is 3.11. The Bertz CT molecular complexity index is 430. The number of nitrogens with one attached hydrogen (secondary N) is 1. The lowest BCUT2D eigenvalue weighted by molar-refractivity contribution is 0.0118. The average molecular weight is 391 g/mol. The van der Waals surface area contributed by atoms with Gasteiger partial charge in [-0.05, 0) is 41.6 Å². The third-order valence-electron chi connectivity index (χ3n) is 2.17. The molecule has 0 aromatic heterocycles. The van der Waals surface area contributed by atoms with Crippen LogP contribution in [0.25, 0.3) is 0 Å². The summed E-state index contributed by atoms with van der Waals surface area (Å²) >= 11 is 1.99. The van der Waals surface area contributed by atoms with Crippen molar-refractivity contribution in [1.29, 1.82) is 0 Å². The molecule has 0 bridgehead atoms. The summed E-state index contributed by atoms with van der Waals surface area (Å²) in [5.74, 6) is -3.57. The number of hydrogen-bond acceptors (Lipinski definition) is 2. The van der Waals surface area contributed by atoms with Crippen LogP contribution in [0.1, 0.15) is 15.9 Å². The van der Waals surface area contributed by atoms with Gasteiger partial charge in [0.1, 0.15) is 0 Å². The van der Waals surface area contributed by atoms with Gasteiger partial charge < -0.3 is 11.1 Å². The van der Waals surface area contributed by atoms with Gasteiger partial charge >= 0.3 is 0 Å². The minimum Gasteiger partial charge on any atom is -0.346 e. The lowest BCUT2D eigenvalue weighted by Gasteiger charge is -2.15. The van der Waals surface area contributed by atoms with Gasteiger partial charge in [-0.15, -0.1) is 12.4 Å². The van der Waals surface area contributed by atoms with Crippen LogP contribution in [0.4, 0.5) is 8.78 Å². The molecule has 0 unspecified atom stereocenters. The van der Waals surface area contributed by atoms with E-state index in [-0.39, 0.29) is 12.4 Å². The van der Waals surface area contributed by atoms with Crippen molar-refractivity contribution in [2.45, 2.75) is 12.8 Å². The molecular formula is C11H14ClF2IN2O. The van der Waals surface area contributed by atoms with Crippen LogP contribution in [0.15, 0.2) is 18.2 Å². The summed E-state index contributed by atoms with van der Waals surface area (Å²) in [5, 5.41) is 2.18. The maximum atomic E-state index is 12.9. The van der Waals surface area contributed by atoms with Crippen LogP contribution in [-0.4, -0.2) is 24.9 Å². The zero-order chi connectivity index (χ0) is 13.1. The molecule has 0 aliphatic carbocycles. The van der Waals surface area contributed by atoms with Gasteiger partial charge in [-0.2, -0.15) is 0 Å². The second-order valence-corrected chi connectivity index (χ2v) is 4.89. The molecular weight excluding hydrogens is 376 g/mol. The van der Waals surface area contributed by atoms with E-state index in [1.54, 1.807) is 12.1 Å². The largest absolute Gasteiger partial charge is 0.346 e. The number of benzene rings is 1. The number of carbonyl (C=O) groups excluding carboxylic acids is 1. The molecule has 0 saturated carbocycles. The second kappa shape index (κ2) is 7.20. The molecule has 0 atom stereocenters. The normalized spacial score (nSPS) is 10.7. The highest BCUT2D eigenvalue weighted by atomic mass is 127. The number of carbonyl (C=O) groups is 1. The van der Waals surface area contributed by atoms with Crippen molar-refractivity contribution in [3.63, 3.8) is 0 Å². The fourth-order valence-corrected chi connectivity index (χ4v) is 1.77. The van der Waals surface area contributed by atoms with Gasteiger partial charge in [0.15, 0.2) is 0 Å². The Labute approximate surface area is 124 Å². The number of rotatable bonds is 4. The lowest BCUT2D eigenvalue weighted by atomic mass is 10.1. The number of nitrogens with two attached hydrogens (primary N) is 1. The Hall–Kier alpha value is -0.470. The van der Waals surface area contributed by atoms with E-state index >= 15 is 0 Å². The highest BCUT2D eigenvalue weighted by Crippen LogP contribution is 2.15. The first-order chi connectivity index (χ1) is 7.85. The van der Waals surface area contributed by atoms with Crippen molar-refractivity contribution in [2.24, 2.45) is 5.73 Å². The van der Waals surface area contributed by atoms with Crippen molar-refractivity contribution in [3.8, 4) is 0 Å². The Balaban J connectivity index is 0.00000289. The van der Waals surface area contributed by atoms with Crippen molar-refractivity contribution in [2.75, 3.05) is 13.1 Å². The zero-order valence-electron chi connectivity index (χ0n) is 9.67. The molecule has 0 heterocycles. The van der Waals surface area contributed by atoms with Crippen molar-refractivity contribution in [3.05, 3.63) is 32.9 Å². The molecule has 7 heteroatoms. The van der Waals surface area contributed by atoms with E-state index in [9.17, 15) is 13.6 Å². The zero-order valence-corrected chi connectivity index (χ0v) is 12.6. The topological polar surface area (TPSA) is 55.1 Å². The maximum absolute atomic E-state index is 12.9. The molecule has 102 valence electrons. The third kappa shape index (κ3) is 5.03. The standard InChI is InChI=1S/C11H13F2IN2O.ClH/c1-7-2-3-9(14)8(4-7)10(17)16-6-11(12,13)5-15;/h2-4H,5-6,15H2,1H3,(H,16,17);1H. The molecule has 0 spiro atoms. The average Bonchev–Trinajstić information content (AvgIpc) is 2.29. The van der Waals surface area contributed by atoms with Gasteiger partial charge in [-0.25, -0.2) is 8.78 Å². The van der Waals surface area contributed by atoms with Gasteiger partial charge in [-0.3, -0.25) is 4.79 Å². The van der Waals surface area contributed by atoms with Crippen molar-refractivity contribution < 1.29 is 13.6 Å². The molecule has 1 aromatic rings. The molecule has 0 fully saturated rings. The lowest BCUT2D eigenvalue weighted by Crippen LogP contribution is -2.41. The summed E-state index contributed by atoms with van der Waals surface area (Å²) in [5.41, 5.74) is 6.19. The highest BCUT2D eigenvalue weighted by Gasteiger charge is 2.27. The summed E-state index contributed by atoms with van der Waals surface area (Å²) in [7, 11) is 0. The van der Waals surface area contributed by atoms with Crippen LogP contribution in [0, 0.1) is 10.5 Å². The SMILES string of the molecule is Cc1ccc(I)c(C(=O)NCC(F)(F)CN)c1.Cl.